The van der Waals surface area contributed by atoms with E-state index in [-0.39, 0.29) is 30.1 Å². The minimum absolute atomic E-state index is 0.0307. The first-order chi connectivity index (χ1) is 17.3. The van der Waals surface area contributed by atoms with Crippen molar-refractivity contribution in [2.24, 2.45) is 5.92 Å². The number of rotatable bonds is 10. The minimum Gasteiger partial charge on any atom is -0.454 e. The fourth-order valence-corrected chi connectivity index (χ4v) is 4.66. The smallest absolute Gasteiger partial charge is 0.257 e. The topological polar surface area (TPSA) is 119 Å². The predicted octanol–water partition coefficient (Wildman–Crippen LogP) is 2.02. The molecular formula is C26H34N4O6. The molecule has 2 aliphatic rings. The Morgan fingerprint density at radius 1 is 1.14 bits per heavy atom. The first-order valence-electron chi connectivity index (χ1n) is 12.7. The highest BCUT2D eigenvalue weighted by Crippen LogP contribution is 2.35. The number of benzene rings is 1. The fourth-order valence-electron chi connectivity index (χ4n) is 4.66. The SMILES string of the molecule is CC[C@H](C)[C@H](NC(=O)c1cn(CC)c2cc3c(cc2c1=O)OCO3)C(=O)NCCCN1CCCC1=O. The van der Waals surface area contributed by atoms with Crippen molar-refractivity contribution < 1.29 is 23.9 Å². The summed E-state index contributed by atoms with van der Waals surface area (Å²) >= 11 is 0. The van der Waals surface area contributed by atoms with Crippen LogP contribution in [0.5, 0.6) is 11.5 Å². The van der Waals surface area contributed by atoms with Crippen molar-refractivity contribution in [3.63, 3.8) is 0 Å². The van der Waals surface area contributed by atoms with E-state index in [0.717, 1.165) is 13.0 Å². The molecule has 2 N–H and O–H groups in total. The van der Waals surface area contributed by atoms with Crippen molar-refractivity contribution in [3.05, 3.63) is 34.1 Å². The molecule has 1 saturated heterocycles. The number of amides is 3. The molecule has 0 radical (unpaired) electrons. The normalized spacial score (nSPS) is 16.3. The number of fused-ring (bicyclic) bond motifs is 2. The summed E-state index contributed by atoms with van der Waals surface area (Å²) in [7, 11) is 0. The summed E-state index contributed by atoms with van der Waals surface area (Å²) in [5.74, 6) is 0.145. The van der Waals surface area contributed by atoms with E-state index >= 15 is 0 Å². The van der Waals surface area contributed by atoms with Crippen LogP contribution in [0, 0.1) is 5.92 Å². The molecule has 194 valence electrons. The summed E-state index contributed by atoms with van der Waals surface area (Å²) in [6, 6.07) is 2.56. The van der Waals surface area contributed by atoms with Crippen LogP contribution >= 0.6 is 0 Å². The highest BCUT2D eigenvalue weighted by atomic mass is 16.7. The number of aryl methyl sites for hydroxylation is 1. The van der Waals surface area contributed by atoms with Gasteiger partial charge in [-0.1, -0.05) is 20.3 Å². The molecule has 0 unspecified atom stereocenters. The van der Waals surface area contributed by atoms with Crippen molar-refractivity contribution in [3.8, 4) is 11.5 Å². The van der Waals surface area contributed by atoms with Gasteiger partial charge in [-0.05, 0) is 31.7 Å². The molecule has 36 heavy (non-hydrogen) atoms. The Bertz CT molecular complexity index is 1220. The van der Waals surface area contributed by atoms with Gasteiger partial charge in [0.15, 0.2) is 11.5 Å². The van der Waals surface area contributed by atoms with E-state index < -0.39 is 17.4 Å². The molecule has 4 rings (SSSR count). The van der Waals surface area contributed by atoms with Crippen LogP contribution in [0.2, 0.25) is 0 Å². The van der Waals surface area contributed by atoms with Gasteiger partial charge in [0, 0.05) is 44.9 Å². The maximum Gasteiger partial charge on any atom is 0.257 e. The van der Waals surface area contributed by atoms with Crippen LogP contribution < -0.4 is 25.5 Å². The van der Waals surface area contributed by atoms with Gasteiger partial charge in [-0.25, -0.2) is 0 Å². The van der Waals surface area contributed by atoms with Crippen molar-refractivity contribution in [1.29, 1.82) is 0 Å². The number of aromatic nitrogens is 1. The first kappa shape index (κ1) is 25.5. The summed E-state index contributed by atoms with van der Waals surface area (Å²) in [5.41, 5.74) is 0.192. The number of carbonyl (C=O) groups is 3. The van der Waals surface area contributed by atoms with Gasteiger partial charge in [0.1, 0.15) is 11.6 Å². The van der Waals surface area contributed by atoms with Gasteiger partial charge in [0.05, 0.1) is 10.9 Å². The molecule has 0 bridgehead atoms. The largest absolute Gasteiger partial charge is 0.454 e. The van der Waals surface area contributed by atoms with Gasteiger partial charge in [0.25, 0.3) is 5.91 Å². The van der Waals surface area contributed by atoms with Gasteiger partial charge < -0.3 is 29.6 Å². The molecule has 10 heteroatoms. The van der Waals surface area contributed by atoms with E-state index in [2.05, 4.69) is 10.6 Å². The Morgan fingerprint density at radius 2 is 1.89 bits per heavy atom. The second-order valence-electron chi connectivity index (χ2n) is 9.35. The molecule has 1 aromatic carbocycles. The van der Waals surface area contributed by atoms with Crippen molar-refractivity contribution >= 4 is 28.6 Å². The van der Waals surface area contributed by atoms with Crippen LogP contribution in [0.4, 0.5) is 0 Å². The summed E-state index contributed by atoms with van der Waals surface area (Å²) in [6.45, 7) is 8.13. The third kappa shape index (κ3) is 5.17. The second-order valence-corrected chi connectivity index (χ2v) is 9.35. The Hall–Kier alpha value is -3.56. The molecule has 0 aliphatic carbocycles. The molecule has 1 fully saturated rings. The summed E-state index contributed by atoms with van der Waals surface area (Å²) in [6.07, 6.45) is 4.31. The Morgan fingerprint density at radius 3 is 2.56 bits per heavy atom. The molecule has 3 heterocycles. The van der Waals surface area contributed by atoms with Crippen molar-refractivity contribution in [2.45, 2.75) is 59.0 Å². The average molecular weight is 499 g/mol. The maximum atomic E-state index is 13.3. The number of carbonyl (C=O) groups excluding carboxylic acids is 3. The zero-order chi connectivity index (χ0) is 25.8. The quantitative estimate of drug-likeness (QED) is 0.484. The number of likely N-dealkylation sites (tertiary alicyclic amines) is 1. The van der Waals surface area contributed by atoms with E-state index in [1.165, 1.54) is 6.20 Å². The zero-order valence-electron chi connectivity index (χ0n) is 21.1. The average Bonchev–Trinajstić information content (AvgIpc) is 3.51. The first-order valence-corrected chi connectivity index (χ1v) is 12.7. The lowest BCUT2D eigenvalue weighted by atomic mass is 9.97. The van der Waals surface area contributed by atoms with Crippen LogP contribution in [0.15, 0.2) is 23.1 Å². The van der Waals surface area contributed by atoms with Gasteiger partial charge in [-0.15, -0.1) is 0 Å². The van der Waals surface area contributed by atoms with E-state index in [0.29, 0.717) is 61.3 Å². The predicted molar refractivity (Wildman–Crippen MR) is 134 cm³/mol. The third-order valence-electron chi connectivity index (χ3n) is 7.02. The minimum atomic E-state index is -0.794. The number of ether oxygens (including phenoxy) is 2. The van der Waals surface area contributed by atoms with Crippen LogP contribution in [0.1, 0.15) is 56.8 Å². The molecular weight excluding hydrogens is 464 g/mol. The molecule has 3 amide bonds. The van der Waals surface area contributed by atoms with E-state index in [1.54, 1.807) is 12.1 Å². The number of hydrogen-bond acceptors (Lipinski definition) is 6. The van der Waals surface area contributed by atoms with Crippen LogP contribution in [-0.4, -0.2) is 59.7 Å². The molecule has 2 aromatic rings. The molecule has 2 atom stereocenters. The van der Waals surface area contributed by atoms with Gasteiger partial charge in [0.2, 0.25) is 24.0 Å². The van der Waals surface area contributed by atoms with Gasteiger partial charge in [-0.2, -0.15) is 0 Å². The number of hydrogen-bond donors (Lipinski definition) is 2. The second kappa shape index (κ2) is 11.0. The number of nitrogens with zero attached hydrogens (tertiary/aromatic N) is 2. The lowest BCUT2D eigenvalue weighted by Gasteiger charge is -2.24. The standard InChI is InChI=1S/C26H34N4O6/c1-4-16(3)23(26(34)27-9-7-11-30-10-6-8-22(30)31)28-25(33)18-14-29(5-2)19-13-21-20(35-15-36-21)12-17(19)24(18)32/h12-14,16,23H,4-11,15H2,1-3H3,(H,27,34)(H,28,33)/t16-,23-/m0/s1. The number of nitrogens with one attached hydrogen (secondary N) is 2. The lowest BCUT2D eigenvalue weighted by Crippen LogP contribution is -2.51. The Labute approximate surface area is 209 Å². The van der Waals surface area contributed by atoms with Crippen LogP contribution in [-0.2, 0) is 16.1 Å². The highest BCUT2D eigenvalue weighted by molar-refractivity contribution is 6.00. The van der Waals surface area contributed by atoms with E-state index in [4.69, 9.17) is 9.47 Å². The van der Waals surface area contributed by atoms with Crippen LogP contribution in [0.25, 0.3) is 10.9 Å². The molecule has 0 spiro atoms. The van der Waals surface area contributed by atoms with Crippen molar-refractivity contribution in [1.82, 2.24) is 20.1 Å². The maximum absolute atomic E-state index is 13.3. The Balaban J connectivity index is 1.49. The monoisotopic (exact) mass is 498 g/mol. The molecule has 10 nitrogen and oxygen atoms in total. The van der Waals surface area contributed by atoms with E-state index in [9.17, 15) is 19.2 Å². The van der Waals surface area contributed by atoms with Crippen molar-refractivity contribution in [2.75, 3.05) is 26.4 Å². The number of pyridine rings is 1. The molecule has 2 aliphatic heterocycles. The molecule has 1 aromatic heterocycles. The third-order valence-corrected chi connectivity index (χ3v) is 7.02. The highest BCUT2D eigenvalue weighted by Gasteiger charge is 2.28. The Kier molecular flexibility index (Phi) is 7.81. The summed E-state index contributed by atoms with van der Waals surface area (Å²) < 4.78 is 12.7. The summed E-state index contributed by atoms with van der Waals surface area (Å²) in [4.78, 5) is 53.1. The lowest BCUT2D eigenvalue weighted by molar-refractivity contribution is -0.127. The zero-order valence-corrected chi connectivity index (χ0v) is 21.1. The van der Waals surface area contributed by atoms with Gasteiger partial charge in [-0.3, -0.25) is 19.2 Å². The van der Waals surface area contributed by atoms with Crippen LogP contribution in [0.3, 0.4) is 0 Å². The van der Waals surface area contributed by atoms with E-state index in [1.807, 2.05) is 30.2 Å². The fraction of sp³-hybridized carbons (Fsp3) is 0.538. The summed E-state index contributed by atoms with van der Waals surface area (Å²) in [5, 5.41) is 6.04. The molecule has 0 saturated carbocycles. The van der Waals surface area contributed by atoms with Gasteiger partial charge >= 0.3 is 0 Å².